The number of benzene rings is 2. The normalized spacial score (nSPS) is 10.5. The number of carbonyl (C=O) groups excluding carboxylic acids is 1. The molecule has 0 aliphatic rings. The van der Waals surface area contributed by atoms with Gasteiger partial charge in [0.05, 0.1) is 16.1 Å². The number of carbonyl (C=O) groups is 2. The third-order valence-corrected chi connectivity index (χ3v) is 4.37. The van der Waals surface area contributed by atoms with E-state index in [1.807, 2.05) is 0 Å². The van der Waals surface area contributed by atoms with Crippen LogP contribution in [0, 0.1) is 10.1 Å². The lowest BCUT2D eigenvalue weighted by atomic mass is 10.1. The third-order valence-electron chi connectivity index (χ3n) is 3.06. The molecule has 0 aromatic heterocycles. The van der Waals surface area contributed by atoms with E-state index >= 15 is 0 Å². The molecular weight excluding hydrogens is 518 g/mol. The van der Waals surface area contributed by atoms with Crippen molar-refractivity contribution in [2.45, 2.75) is 26.4 Å². The average Bonchev–Trinajstić information content (AvgIpc) is 2.52. The fraction of sp³-hybridized carbons (Fsp3) is 0.222. The maximum Gasteiger partial charge on any atom is 0.340 e. The van der Waals surface area contributed by atoms with Crippen molar-refractivity contribution < 1.29 is 34.6 Å². The first-order chi connectivity index (χ1) is 13.2. The second-order valence-corrected chi connectivity index (χ2v) is 8.26. The van der Waals surface area contributed by atoms with Crippen LogP contribution in [0.3, 0.4) is 0 Å². The summed E-state index contributed by atoms with van der Waals surface area (Å²) in [6, 6.07) is 6.07. The number of halogens is 2. The number of nitrogens with zero attached hydrogens (tertiary/aromatic N) is 1. The van der Waals surface area contributed by atoms with Crippen LogP contribution in [0.15, 0.2) is 39.3 Å². The first-order valence-corrected chi connectivity index (χ1v) is 9.43. The summed E-state index contributed by atoms with van der Waals surface area (Å²) in [5, 5.41) is 37.5. The van der Waals surface area contributed by atoms with Gasteiger partial charge in [-0.2, -0.15) is 0 Å². The lowest BCUT2D eigenvalue weighted by Crippen LogP contribution is -2.24. The van der Waals surface area contributed by atoms with Gasteiger partial charge in [-0.05, 0) is 70.8 Å². The second kappa shape index (κ2) is 9.70. The van der Waals surface area contributed by atoms with Crippen molar-refractivity contribution in [1.82, 2.24) is 0 Å². The van der Waals surface area contributed by atoms with Crippen LogP contribution in [0.4, 0.5) is 5.69 Å². The number of esters is 1. The van der Waals surface area contributed by atoms with Gasteiger partial charge >= 0.3 is 17.6 Å². The van der Waals surface area contributed by atoms with Gasteiger partial charge in [-0.3, -0.25) is 10.1 Å². The summed E-state index contributed by atoms with van der Waals surface area (Å²) >= 11 is 6.06. The Morgan fingerprint density at radius 2 is 1.59 bits per heavy atom. The molecule has 0 heterocycles. The van der Waals surface area contributed by atoms with Crippen LogP contribution in [0.1, 0.15) is 41.5 Å². The molecule has 9 nitrogen and oxygen atoms in total. The summed E-state index contributed by atoms with van der Waals surface area (Å²) in [5.74, 6) is -2.18. The fourth-order valence-corrected chi connectivity index (χ4v) is 2.89. The lowest BCUT2D eigenvalue weighted by Gasteiger charge is -2.19. The zero-order chi connectivity index (χ0) is 22.5. The van der Waals surface area contributed by atoms with E-state index in [0.717, 1.165) is 12.1 Å². The Hall–Kier alpha value is -2.66. The minimum atomic E-state index is -1.02. The number of hydrogen-bond donors (Lipinski definition) is 3. The van der Waals surface area contributed by atoms with Crippen LogP contribution in [0.25, 0.3) is 0 Å². The summed E-state index contributed by atoms with van der Waals surface area (Å²) in [6.07, 6.45) is 0. The van der Waals surface area contributed by atoms with Gasteiger partial charge in [-0.25, -0.2) is 9.59 Å². The van der Waals surface area contributed by atoms with Crippen molar-refractivity contribution in [3.63, 3.8) is 0 Å². The van der Waals surface area contributed by atoms with Crippen molar-refractivity contribution in [3.05, 3.63) is 60.5 Å². The number of carboxylic acids is 1. The SMILES string of the molecule is CC(C)(C)OC(=O)c1cc([N+](=O)[O-])c(O)cc1Br.O=C(O)c1ccc(O)cc1Br. The summed E-state index contributed by atoms with van der Waals surface area (Å²) in [4.78, 5) is 32.1. The van der Waals surface area contributed by atoms with Gasteiger partial charge in [0, 0.05) is 21.1 Å². The van der Waals surface area contributed by atoms with E-state index in [4.69, 9.17) is 14.9 Å². The lowest BCUT2D eigenvalue weighted by molar-refractivity contribution is -0.385. The standard InChI is InChI=1S/C11H12BrNO5.C7H5BrO3/c1-11(2,3)18-10(15)6-4-8(13(16)17)9(14)5-7(6)12;8-6-3-4(9)1-2-5(6)7(10)11/h4-5,14H,1-3H3;1-3,9H,(H,10,11). The molecule has 0 aliphatic carbocycles. The number of phenolic OH excluding ortho intramolecular Hbond substituents is 2. The number of aromatic carboxylic acids is 1. The molecule has 0 radical (unpaired) electrons. The molecule has 0 bridgehead atoms. The molecule has 2 rings (SSSR count). The van der Waals surface area contributed by atoms with Crippen LogP contribution in [0.5, 0.6) is 11.5 Å². The second-order valence-electron chi connectivity index (χ2n) is 6.55. The van der Waals surface area contributed by atoms with Gasteiger partial charge in [0.15, 0.2) is 5.75 Å². The van der Waals surface area contributed by atoms with E-state index in [1.54, 1.807) is 20.8 Å². The number of hydrogen-bond acceptors (Lipinski definition) is 7. The number of carboxylic acid groups (broad SMARTS) is 1. The number of nitro groups is 1. The molecule has 11 heteroatoms. The molecule has 2 aromatic rings. The Bertz CT molecular complexity index is 954. The maximum atomic E-state index is 11.8. The molecule has 3 N–H and O–H groups in total. The molecule has 0 fully saturated rings. The van der Waals surface area contributed by atoms with Gasteiger partial charge in [-0.1, -0.05) is 0 Å². The molecule has 156 valence electrons. The largest absolute Gasteiger partial charge is 0.508 e. The molecular formula is C18H17Br2NO8. The Balaban J connectivity index is 0.000000326. The monoisotopic (exact) mass is 533 g/mol. The van der Waals surface area contributed by atoms with Crippen molar-refractivity contribution in [2.24, 2.45) is 0 Å². The summed E-state index contributed by atoms with van der Waals surface area (Å²) in [7, 11) is 0. The van der Waals surface area contributed by atoms with E-state index in [-0.39, 0.29) is 21.3 Å². The molecule has 0 amide bonds. The third kappa shape index (κ3) is 7.35. The molecule has 0 saturated heterocycles. The molecule has 0 spiro atoms. The first kappa shape index (κ1) is 24.4. The first-order valence-electron chi connectivity index (χ1n) is 7.85. The summed E-state index contributed by atoms with van der Waals surface area (Å²) < 4.78 is 5.72. The molecule has 0 aliphatic heterocycles. The summed E-state index contributed by atoms with van der Waals surface area (Å²) in [6.45, 7) is 5.06. The van der Waals surface area contributed by atoms with Crippen LogP contribution in [-0.4, -0.2) is 37.8 Å². The van der Waals surface area contributed by atoms with Crippen molar-refractivity contribution in [2.75, 3.05) is 0 Å². The maximum absolute atomic E-state index is 11.8. The molecule has 0 atom stereocenters. The van der Waals surface area contributed by atoms with Crippen LogP contribution in [-0.2, 0) is 4.74 Å². The van der Waals surface area contributed by atoms with Crippen molar-refractivity contribution in [1.29, 1.82) is 0 Å². The zero-order valence-corrected chi connectivity index (χ0v) is 18.6. The number of rotatable bonds is 3. The van der Waals surface area contributed by atoms with Crippen molar-refractivity contribution in [3.8, 4) is 11.5 Å². The van der Waals surface area contributed by atoms with E-state index < -0.39 is 33.9 Å². The highest BCUT2D eigenvalue weighted by molar-refractivity contribution is 9.10. The van der Waals surface area contributed by atoms with Gasteiger partial charge in [0.1, 0.15) is 11.4 Å². The fourth-order valence-electron chi connectivity index (χ4n) is 1.86. The van der Waals surface area contributed by atoms with E-state index in [9.17, 15) is 24.8 Å². The molecule has 0 unspecified atom stereocenters. The Morgan fingerprint density at radius 3 is 2.03 bits per heavy atom. The van der Waals surface area contributed by atoms with Crippen LogP contribution in [0.2, 0.25) is 0 Å². The van der Waals surface area contributed by atoms with Gasteiger partial charge in [0.2, 0.25) is 0 Å². The minimum Gasteiger partial charge on any atom is -0.508 e. The zero-order valence-electron chi connectivity index (χ0n) is 15.5. The quantitative estimate of drug-likeness (QED) is 0.287. The van der Waals surface area contributed by atoms with E-state index in [0.29, 0.717) is 4.47 Å². The van der Waals surface area contributed by atoms with E-state index in [2.05, 4.69) is 31.9 Å². The predicted molar refractivity (Wildman–Crippen MR) is 110 cm³/mol. The summed E-state index contributed by atoms with van der Waals surface area (Å²) in [5.41, 5.74) is -1.11. The molecule has 29 heavy (non-hydrogen) atoms. The molecule has 2 aromatic carbocycles. The average molecular weight is 535 g/mol. The number of aromatic hydroxyl groups is 2. The minimum absolute atomic E-state index is 0.00516. The number of nitro benzene ring substituents is 1. The van der Waals surface area contributed by atoms with Gasteiger partial charge in [-0.15, -0.1) is 0 Å². The predicted octanol–water partition coefficient (Wildman–Crippen LogP) is 4.87. The Labute approximate surface area is 182 Å². The number of ether oxygens (including phenoxy) is 1. The van der Waals surface area contributed by atoms with Crippen LogP contribution < -0.4 is 0 Å². The van der Waals surface area contributed by atoms with Gasteiger partial charge < -0.3 is 20.1 Å². The topological polar surface area (TPSA) is 147 Å². The highest BCUT2D eigenvalue weighted by Crippen LogP contribution is 2.33. The number of phenols is 2. The van der Waals surface area contributed by atoms with Gasteiger partial charge in [0.25, 0.3) is 0 Å². The smallest absolute Gasteiger partial charge is 0.340 e. The highest BCUT2D eigenvalue weighted by atomic mass is 79.9. The Morgan fingerprint density at radius 1 is 1.03 bits per heavy atom. The molecule has 0 saturated carbocycles. The van der Waals surface area contributed by atoms with Crippen molar-refractivity contribution >= 4 is 49.5 Å². The highest BCUT2D eigenvalue weighted by Gasteiger charge is 2.24. The van der Waals surface area contributed by atoms with Crippen LogP contribution >= 0.6 is 31.9 Å². The Kier molecular flexibility index (Phi) is 8.15. The van der Waals surface area contributed by atoms with E-state index in [1.165, 1.54) is 18.2 Å².